The Kier molecular flexibility index (Phi) is 103. The highest BCUT2D eigenvalue weighted by molar-refractivity contribution is 7.47. The van der Waals surface area contributed by atoms with Crippen LogP contribution in [0, 0.1) is 0 Å². The smallest absolute Gasteiger partial charge is 0.463 e. The Labute approximate surface area is 827 Å². The number of aliphatic hydroxyl groups excluding tert-OH is 2. The lowest BCUT2D eigenvalue weighted by atomic mass is 10.0. The standard InChI is InChI=1S/C117H202O16P2/c1-4-7-10-13-16-19-22-25-28-31-34-37-40-43-46-49-52-54-55-57-60-61-64-67-70-73-76-79-82-85-88-91-94-97-100-103-115(120)127-106-112(118)107-129-134(123,124)130-108-113(119)109-131-135(125,126)132-111-114(133-117(122)105-102-99-96-93-90-87-84-81-78-75-72-69-66-63-58-51-48-45-42-39-36-33-30-27-24-21-18-15-12-9-6-3)110-128-116(121)104-101-98-95-92-89-86-83-80-77-74-71-68-65-62-59-56-53-50-47-44-41-38-35-32-29-26-23-20-17-14-11-8-5-2/h7,9-10,12,16-21,25-30,34-39,43-48,58,63,112-114,118-119H,4-6,8,11,13-15,22-24,31-33,40-42,49-57,59-62,64-111H2,1-3H3,(H,123,124)(H,125,126)/b10-7-,12-9-,19-16-,20-17-,21-18-,28-25-,29-26-,30-27-,37-34-,38-35-,39-36-,46-43-,47-44-,48-45-,63-58-. The van der Waals surface area contributed by atoms with E-state index in [-0.39, 0.29) is 19.3 Å². The van der Waals surface area contributed by atoms with E-state index in [9.17, 15) is 43.5 Å². The fourth-order valence-corrected chi connectivity index (χ4v) is 16.9. The van der Waals surface area contributed by atoms with Crippen molar-refractivity contribution in [2.45, 2.75) is 501 Å². The molecule has 135 heavy (non-hydrogen) atoms. The lowest BCUT2D eigenvalue weighted by Gasteiger charge is -2.21. The summed E-state index contributed by atoms with van der Waals surface area (Å²) in [5, 5.41) is 20.8. The molecule has 0 aliphatic rings. The summed E-state index contributed by atoms with van der Waals surface area (Å²) < 4.78 is 61.8. The number of unbranched alkanes of at least 4 members (excludes halogenated alkanes) is 51. The largest absolute Gasteiger partial charge is 0.472 e. The van der Waals surface area contributed by atoms with Crippen LogP contribution in [0.1, 0.15) is 483 Å². The molecule has 0 spiro atoms. The number of hydrogen-bond acceptors (Lipinski definition) is 14. The Hall–Kier alpha value is -5.35. The minimum Gasteiger partial charge on any atom is -0.463 e. The molecule has 0 aromatic carbocycles. The first-order valence-corrected chi connectivity index (χ1v) is 58.1. The molecule has 0 aromatic heterocycles. The number of phosphoric ester groups is 2. The van der Waals surface area contributed by atoms with Crippen molar-refractivity contribution in [1.29, 1.82) is 0 Å². The average molecular weight is 1930 g/mol. The summed E-state index contributed by atoms with van der Waals surface area (Å²) in [5.74, 6) is -1.55. The van der Waals surface area contributed by atoms with Crippen molar-refractivity contribution in [3.05, 3.63) is 182 Å². The SMILES string of the molecule is CC/C=C\C/C=C\C/C=C\C/C=C\C/C=C\C/C=C\CCCCCCCCCCCCCCC(=O)OC(COC(=O)CCCCCCCCCCCCCCCCCCC/C=C\C/C=C\C/C=C\C/C=C\CCCCC)COP(=O)(O)OCC(O)COP(=O)(O)OCC(O)COC(=O)CCCCCCCCCCCCCCCCCCCCC/C=C\C/C=C\C/C=C\C/C=C\C/C=C\CC. The Balaban J connectivity index is 4.60. The molecule has 0 aromatic rings. The summed E-state index contributed by atoms with van der Waals surface area (Å²) in [6.45, 7) is 2.52. The van der Waals surface area contributed by atoms with Gasteiger partial charge >= 0.3 is 33.6 Å². The maximum absolute atomic E-state index is 13.2. The summed E-state index contributed by atoms with van der Waals surface area (Å²) in [6.07, 6.45) is 144. The minimum atomic E-state index is -4.95. The molecule has 0 heterocycles. The highest BCUT2D eigenvalue weighted by atomic mass is 31.2. The van der Waals surface area contributed by atoms with Crippen LogP contribution in [0.3, 0.4) is 0 Å². The summed E-state index contributed by atoms with van der Waals surface area (Å²) in [5.41, 5.74) is 0. The van der Waals surface area contributed by atoms with Gasteiger partial charge in [-0.25, -0.2) is 9.13 Å². The first-order valence-electron chi connectivity index (χ1n) is 55.1. The number of phosphoric acid groups is 2. The van der Waals surface area contributed by atoms with Crippen molar-refractivity contribution in [3.8, 4) is 0 Å². The number of aliphatic hydroxyl groups is 2. The lowest BCUT2D eigenvalue weighted by molar-refractivity contribution is -0.161. The van der Waals surface area contributed by atoms with Crippen LogP contribution >= 0.6 is 15.6 Å². The van der Waals surface area contributed by atoms with Crippen molar-refractivity contribution < 1.29 is 75.8 Å². The molecule has 5 unspecified atom stereocenters. The van der Waals surface area contributed by atoms with Crippen LogP contribution in [0.4, 0.5) is 0 Å². The molecule has 5 atom stereocenters. The van der Waals surface area contributed by atoms with Crippen molar-refractivity contribution in [3.63, 3.8) is 0 Å². The van der Waals surface area contributed by atoms with Gasteiger partial charge in [-0.05, 0) is 161 Å². The average Bonchev–Trinajstić information content (AvgIpc) is 0.895. The van der Waals surface area contributed by atoms with Gasteiger partial charge in [0.1, 0.15) is 25.4 Å². The number of rotatable bonds is 104. The third kappa shape index (κ3) is 109. The second-order valence-electron chi connectivity index (χ2n) is 36.7. The second kappa shape index (κ2) is 107. The zero-order valence-corrected chi connectivity index (χ0v) is 88.1. The van der Waals surface area contributed by atoms with E-state index < -0.39 is 91.5 Å². The van der Waals surface area contributed by atoms with Crippen LogP contribution < -0.4 is 0 Å². The fraction of sp³-hybridized carbons (Fsp3) is 0.718. The van der Waals surface area contributed by atoms with E-state index in [0.29, 0.717) is 19.3 Å². The lowest BCUT2D eigenvalue weighted by Crippen LogP contribution is -2.30. The Bertz CT molecular complexity index is 3190. The molecule has 0 bridgehead atoms. The fourth-order valence-electron chi connectivity index (χ4n) is 15.4. The van der Waals surface area contributed by atoms with Crippen molar-refractivity contribution in [1.82, 2.24) is 0 Å². The molecule has 776 valence electrons. The number of esters is 3. The monoisotopic (exact) mass is 1930 g/mol. The first-order chi connectivity index (χ1) is 66.2. The predicted octanol–water partition coefficient (Wildman–Crippen LogP) is 35.5. The van der Waals surface area contributed by atoms with Crippen LogP contribution in [0.2, 0.25) is 0 Å². The highest BCUT2D eigenvalue weighted by Crippen LogP contribution is 2.45. The number of carbonyl (C=O) groups is 3. The van der Waals surface area contributed by atoms with Crippen molar-refractivity contribution in [2.75, 3.05) is 39.6 Å². The second-order valence-corrected chi connectivity index (χ2v) is 39.6. The van der Waals surface area contributed by atoms with Gasteiger partial charge in [-0.2, -0.15) is 0 Å². The number of hydrogen-bond donors (Lipinski definition) is 4. The molecule has 0 aliphatic heterocycles. The zero-order valence-electron chi connectivity index (χ0n) is 86.3. The molecule has 0 amide bonds. The van der Waals surface area contributed by atoms with E-state index in [0.717, 1.165) is 161 Å². The van der Waals surface area contributed by atoms with Crippen LogP contribution in [0.15, 0.2) is 182 Å². The predicted molar refractivity (Wildman–Crippen MR) is 574 cm³/mol. The van der Waals surface area contributed by atoms with Gasteiger partial charge in [0, 0.05) is 19.3 Å². The van der Waals surface area contributed by atoms with Gasteiger partial charge in [0.25, 0.3) is 0 Å². The Morgan fingerprint density at radius 2 is 0.393 bits per heavy atom. The van der Waals surface area contributed by atoms with E-state index in [1.54, 1.807) is 0 Å². The summed E-state index contributed by atoms with van der Waals surface area (Å²) in [4.78, 5) is 59.3. The molecule has 18 heteroatoms. The molecule has 0 rings (SSSR count). The molecule has 0 saturated heterocycles. The Morgan fingerprint density at radius 1 is 0.215 bits per heavy atom. The van der Waals surface area contributed by atoms with Crippen LogP contribution in [0.5, 0.6) is 0 Å². The van der Waals surface area contributed by atoms with E-state index in [1.807, 2.05) is 0 Å². The minimum absolute atomic E-state index is 0.0993. The van der Waals surface area contributed by atoms with Gasteiger partial charge in [0.15, 0.2) is 6.10 Å². The first kappa shape index (κ1) is 130. The molecular formula is C117H202O16P2. The third-order valence-electron chi connectivity index (χ3n) is 23.6. The van der Waals surface area contributed by atoms with Crippen LogP contribution in [-0.4, -0.2) is 95.9 Å². The topological polar surface area (TPSA) is 231 Å². The van der Waals surface area contributed by atoms with Crippen LogP contribution in [-0.2, 0) is 55.8 Å². The maximum atomic E-state index is 13.2. The summed E-state index contributed by atoms with van der Waals surface area (Å²) >= 11 is 0. The van der Waals surface area contributed by atoms with Gasteiger partial charge < -0.3 is 34.2 Å². The summed E-state index contributed by atoms with van der Waals surface area (Å²) in [6, 6.07) is 0. The van der Waals surface area contributed by atoms with Gasteiger partial charge in [0.05, 0.1) is 26.4 Å². The highest BCUT2D eigenvalue weighted by Gasteiger charge is 2.30. The van der Waals surface area contributed by atoms with Gasteiger partial charge in [-0.1, -0.05) is 486 Å². The van der Waals surface area contributed by atoms with E-state index in [1.165, 1.54) is 263 Å². The molecular weight excluding hydrogens is 1720 g/mol. The van der Waals surface area contributed by atoms with Crippen LogP contribution in [0.25, 0.3) is 0 Å². The van der Waals surface area contributed by atoms with Gasteiger partial charge in [-0.15, -0.1) is 0 Å². The van der Waals surface area contributed by atoms with E-state index in [2.05, 4.69) is 203 Å². The Morgan fingerprint density at radius 3 is 0.622 bits per heavy atom. The van der Waals surface area contributed by atoms with Crippen molar-refractivity contribution in [2.24, 2.45) is 0 Å². The number of allylic oxidation sites excluding steroid dienone is 30. The molecule has 0 fully saturated rings. The molecule has 0 radical (unpaired) electrons. The van der Waals surface area contributed by atoms with E-state index >= 15 is 0 Å². The number of carbonyl (C=O) groups excluding carboxylic acids is 3. The third-order valence-corrected chi connectivity index (χ3v) is 25.5. The quantitative estimate of drug-likeness (QED) is 0.0146. The normalized spacial score (nSPS) is 14.3. The molecule has 4 N–H and O–H groups in total. The van der Waals surface area contributed by atoms with Crippen molar-refractivity contribution >= 4 is 33.6 Å². The summed E-state index contributed by atoms with van der Waals surface area (Å²) in [7, 11) is -9.82. The molecule has 0 saturated carbocycles. The van der Waals surface area contributed by atoms with Gasteiger partial charge in [0.2, 0.25) is 0 Å². The molecule has 0 aliphatic carbocycles. The van der Waals surface area contributed by atoms with Gasteiger partial charge in [-0.3, -0.25) is 32.5 Å². The van der Waals surface area contributed by atoms with E-state index in [4.69, 9.17) is 32.3 Å². The zero-order chi connectivity index (χ0) is 97.8. The molecule has 16 nitrogen and oxygen atoms in total. The maximum Gasteiger partial charge on any atom is 0.472 e. The number of ether oxygens (including phenoxy) is 3.